The highest BCUT2D eigenvalue weighted by molar-refractivity contribution is 8.13. The van der Waals surface area contributed by atoms with Gasteiger partial charge >= 0.3 is 0 Å². The molecule has 2 nitrogen and oxygen atoms in total. The van der Waals surface area contributed by atoms with Crippen LogP contribution in [0.2, 0.25) is 0 Å². The van der Waals surface area contributed by atoms with Gasteiger partial charge in [0, 0.05) is 13.0 Å². The van der Waals surface area contributed by atoms with Crippen LogP contribution in [-0.2, 0) is 0 Å². The summed E-state index contributed by atoms with van der Waals surface area (Å²) in [6, 6.07) is 0. The Balaban J connectivity index is 2.48. The van der Waals surface area contributed by atoms with Gasteiger partial charge in [0.25, 0.3) is 5.92 Å². The van der Waals surface area contributed by atoms with E-state index in [1.807, 2.05) is 0 Å². The highest BCUT2D eigenvalue weighted by Gasteiger charge is 2.38. The molecule has 0 saturated carbocycles. The molecule has 0 aromatic carbocycles. The van der Waals surface area contributed by atoms with Gasteiger partial charge in [-0.05, 0) is 6.26 Å². The second-order valence-electron chi connectivity index (χ2n) is 2.54. The molecule has 11 heavy (non-hydrogen) atoms. The van der Waals surface area contributed by atoms with E-state index in [1.165, 1.54) is 16.7 Å². The van der Waals surface area contributed by atoms with E-state index in [1.54, 1.807) is 6.26 Å². The van der Waals surface area contributed by atoms with Crippen LogP contribution < -0.4 is 0 Å². The first-order valence-electron chi connectivity index (χ1n) is 3.30. The fourth-order valence-corrected chi connectivity index (χ4v) is 1.45. The minimum absolute atomic E-state index is 0.115. The average molecular weight is 180 g/mol. The van der Waals surface area contributed by atoms with Crippen molar-refractivity contribution in [1.82, 2.24) is 4.90 Å². The second kappa shape index (κ2) is 2.97. The lowest BCUT2D eigenvalue weighted by atomic mass is 10.3. The van der Waals surface area contributed by atoms with Crippen LogP contribution in [0, 0.1) is 5.41 Å². The Kier molecular flexibility index (Phi) is 2.37. The van der Waals surface area contributed by atoms with Crippen LogP contribution in [0.4, 0.5) is 8.78 Å². The van der Waals surface area contributed by atoms with Crippen molar-refractivity contribution < 1.29 is 8.78 Å². The average Bonchev–Trinajstić information content (AvgIpc) is 2.29. The molecule has 1 fully saturated rings. The van der Waals surface area contributed by atoms with Gasteiger partial charge in [-0.25, -0.2) is 8.78 Å². The molecule has 0 unspecified atom stereocenters. The van der Waals surface area contributed by atoms with Crippen LogP contribution in [0.15, 0.2) is 0 Å². The van der Waals surface area contributed by atoms with Crippen molar-refractivity contribution in [3.8, 4) is 0 Å². The van der Waals surface area contributed by atoms with Crippen molar-refractivity contribution in [1.29, 1.82) is 5.41 Å². The first-order valence-corrected chi connectivity index (χ1v) is 4.53. The molecule has 1 aliphatic heterocycles. The standard InChI is InChI=1S/C6H10F2N2S/c1-11-5(9)10-3-2-6(7,8)4-10/h9H,2-4H2,1H3. The maximum atomic E-state index is 12.5. The minimum Gasteiger partial charge on any atom is -0.345 e. The van der Waals surface area contributed by atoms with Gasteiger partial charge < -0.3 is 4.90 Å². The first kappa shape index (κ1) is 8.77. The summed E-state index contributed by atoms with van der Waals surface area (Å²) in [5.74, 6) is -2.58. The quantitative estimate of drug-likeness (QED) is 0.453. The van der Waals surface area contributed by atoms with Crippen molar-refractivity contribution in [3.63, 3.8) is 0 Å². The topological polar surface area (TPSA) is 27.1 Å². The second-order valence-corrected chi connectivity index (χ2v) is 3.33. The number of halogens is 2. The van der Waals surface area contributed by atoms with E-state index in [2.05, 4.69) is 0 Å². The zero-order chi connectivity index (χ0) is 8.48. The molecule has 1 saturated heterocycles. The molecule has 1 heterocycles. The lowest BCUT2D eigenvalue weighted by Gasteiger charge is -2.16. The highest BCUT2D eigenvalue weighted by atomic mass is 32.2. The molecule has 0 amide bonds. The number of hydrogen-bond acceptors (Lipinski definition) is 2. The Morgan fingerprint density at radius 2 is 2.27 bits per heavy atom. The fraction of sp³-hybridized carbons (Fsp3) is 0.833. The Hall–Kier alpha value is -0.320. The van der Waals surface area contributed by atoms with Crippen LogP contribution in [0.3, 0.4) is 0 Å². The van der Waals surface area contributed by atoms with Gasteiger partial charge in [-0.15, -0.1) is 0 Å². The van der Waals surface area contributed by atoms with E-state index in [9.17, 15) is 8.78 Å². The number of amidine groups is 1. The van der Waals surface area contributed by atoms with Crippen molar-refractivity contribution in [2.24, 2.45) is 0 Å². The number of rotatable bonds is 0. The van der Waals surface area contributed by atoms with Gasteiger partial charge in [-0.1, -0.05) is 11.8 Å². The Labute approximate surface area is 68.5 Å². The first-order chi connectivity index (χ1) is 5.05. The molecule has 64 valence electrons. The minimum atomic E-state index is -2.58. The van der Waals surface area contributed by atoms with Crippen LogP contribution >= 0.6 is 11.8 Å². The molecular weight excluding hydrogens is 170 g/mol. The smallest absolute Gasteiger partial charge is 0.267 e. The molecule has 1 rings (SSSR count). The molecule has 0 aromatic heterocycles. The Morgan fingerprint density at radius 3 is 2.64 bits per heavy atom. The molecule has 5 heteroatoms. The zero-order valence-electron chi connectivity index (χ0n) is 6.23. The van der Waals surface area contributed by atoms with E-state index in [0.29, 0.717) is 6.54 Å². The third kappa shape index (κ3) is 2.05. The Bertz CT molecular complexity index is 172. The van der Waals surface area contributed by atoms with E-state index < -0.39 is 5.92 Å². The van der Waals surface area contributed by atoms with Crippen molar-refractivity contribution >= 4 is 16.9 Å². The van der Waals surface area contributed by atoms with Gasteiger partial charge in [0.15, 0.2) is 5.17 Å². The number of nitrogens with one attached hydrogen (secondary N) is 1. The summed E-state index contributed by atoms with van der Waals surface area (Å²) in [7, 11) is 0. The summed E-state index contributed by atoms with van der Waals surface area (Å²) in [4.78, 5) is 1.41. The maximum Gasteiger partial charge on any atom is 0.267 e. The fourth-order valence-electron chi connectivity index (χ4n) is 1.04. The molecule has 0 radical (unpaired) electrons. The van der Waals surface area contributed by atoms with E-state index in [-0.39, 0.29) is 18.1 Å². The van der Waals surface area contributed by atoms with Gasteiger partial charge in [-0.2, -0.15) is 0 Å². The number of likely N-dealkylation sites (tertiary alicyclic amines) is 1. The predicted molar refractivity (Wildman–Crippen MR) is 42.4 cm³/mol. The van der Waals surface area contributed by atoms with E-state index >= 15 is 0 Å². The molecule has 0 spiro atoms. The summed E-state index contributed by atoms with van der Waals surface area (Å²) >= 11 is 1.20. The van der Waals surface area contributed by atoms with Crippen molar-refractivity contribution in [3.05, 3.63) is 0 Å². The number of alkyl halides is 2. The lowest BCUT2D eigenvalue weighted by Crippen LogP contribution is -2.28. The van der Waals surface area contributed by atoms with Crippen LogP contribution in [-0.4, -0.2) is 35.3 Å². The molecule has 0 aromatic rings. The Morgan fingerprint density at radius 1 is 1.64 bits per heavy atom. The van der Waals surface area contributed by atoms with Crippen molar-refractivity contribution in [2.75, 3.05) is 19.3 Å². The van der Waals surface area contributed by atoms with E-state index in [4.69, 9.17) is 5.41 Å². The van der Waals surface area contributed by atoms with Gasteiger partial charge in [-0.3, -0.25) is 5.41 Å². The van der Waals surface area contributed by atoms with Gasteiger partial charge in [0.05, 0.1) is 6.54 Å². The van der Waals surface area contributed by atoms with Crippen LogP contribution in [0.25, 0.3) is 0 Å². The lowest BCUT2D eigenvalue weighted by molar-refractivity contribution is 0.0177. The van der Waals surface area contributed by atoms with Crippen LogP contribution in [0.1, 0.15) is 6.42 Å². The van der Waals surface area contributed by atoms with Crippen LogP contribution in [0.5, 0.6) is 0 Å². The third-order valence-corrected chi connectivity index (χ3v) is 2.30. The van der Waals surface area contributed by atoms with Gasteiger partial charge in [0.1, 0.15) is 0 Å². The normalized spacial score (nSPS) is 22.3. The molecular formula is C6H10F2N2S. The number of nitrogens with zero attached hydrogens (tertiary/aromatic N) is 1. The molecule has 0 bridgehead atoms. The largest absolute Gasteiger partial charge is 0.345 e. The SMILES string of the molecule is CSC(=N)N1CCC(F)(F)C1. The highest BCUT2D eigenvalue weighted by Crippen LogP contribution is 2.27. The van der Waals surface area contributed by atoms with E-state index in [0.717, 1.165) is 0 Å². The number of hydrogen-bond donors (Lipinski definition) is 1. The maximum absolute atomic E-state index is 12.5. The summed E-state index contributed by atoms with van der Waals surface area (Å²) in [5.41, 5.74) is 0. The summed E-state index contributed by atoms with van der Waals surface area (Å²) in [5, 5.41) is 7.50. The monoisotopic (exact) mass is 180 g/mol. The summed E-state index contributed by atoms with van der Waals surface area (Å²) in [6.07, 6.45) is 1.61. The molecule has 0 atom stereocenters. The summed E-state index contributed by atoms with van der Waals surface area (Å²) in [6.45, 7) is 0.0271. The third-order valence-electron chi connectivity index (χ3n) is 1.65. The number of thioether (sulfide) groups is 1. The van der Waals surface area contributed by atoms with Gasteiger partial charge in [0.2, 0.25) is 0 Å². The molecule has 0 aliphatic carbocycles. The molecule has 1 N–H and O–H groups in total. The zero-order valence-corrected chi connectivity index (χ0v) is 7.05. The van der Waals surface area contributed by atoms with Crippen molar-refractivity contribution in [2.45, 2.75) is 12.3 Å². The molecule has 1 aliphatic rings. The predicted octanol–water partition coefficient (Wildman–Crippen LogP) is 1.63. The summed E-state index contributed by atoms with van der Waals surface area (Å²) < 4.78 is 25.1.